The lowest BCUT2D eigenvalue weighted by atomic mass is 9.96. The molecule has 67 heavy (non-hydrogen) atoms. The number of hydrogen-bond donors (Lipinski definition) is 1. The third kappa shape index (κ3) is 14.1. The highest BCUT2D eigenvalue weighted by Gasteiger charge is 2.54. The maximum atomic E-state index is 12.5. The van der Waals surface area contributed by atoms with E-state index in [-0.39, 0.29) is 39.6 Å². The molecule has 2 heterocycles. The molecule has 352 valence electrons. The van der Waals surface area contributed by atoms with E-state index in [2.05, 4.69) is 0 Å². The van der Waals surface area contributed by atoms with E-state index in [1.807, 2.05) is 164 Å². The van der Waals surface area contributed by atoms with E-state index in [1.165, 1.54) is 7.11 Å². The number of aliphatic hydroxyl groups excluding tert-OH is 1. The second-order valence-electron chi connectivity index (χ2n) is 16.6. The van der Waals surface area contributed by atoms with Crippen LogP contribution in [0.25, 0.3) is 0 Å². The molecule has 6 aromatic rings. The fourth-order valence-corrected chi connectivity index (χ4v) is 8.35. The van der Waals surface area contributed by atoms with Crippen LogP contribution < -0.4 is 0 Å². The van der Waals surface area contributed by atoms with E-state index >= 15 is 0 Å². The van der Waals surface area contributed by atoms with Gasteiger partial charge in [0.15, 0.2) is 12.6 Å². The molecule has 6 aromatic carbocycles. The number of benzene rings is 6. The van der Waals surface area contributed by atoms with Gasteiger partial charge in [-0.05, 0) is 45.5 Å². The van der Waals surface area contributed by atoms with Crippen molar-refractivity contribution >= 4 is 11.6 Å². The lowest BCUT2D eigenvalue weighted by Crippen LogP contribution is -2.66. The monoisotopic (exact) mass is 930 g/mol. The summed E-state index contributed by atoms with van der Waals surface area (Å²) in [5, 5.41) is 13.1. The fraction of sp³-hybridized carbons (Fsp3) is 0.345. The van der Waals surface area contributed by atoms with Crippen LogP contribution in [0.2, 0.25) is 5.02 Å². The van der Waals surface area contributed by atoms with Gasteiger partial charge in [0.25, 0.3) is 0 Å². The molecule has 12 heteroatoms. The molecule has 0 radical (unpaired) electrons. The highest BCUT2D eigenvalue weighted by atomic mass is 35.5. The molecule has 0 amide bonds. The zero-order chi connectivity index (χ0) is 46.0. The number of halogens is 1. The van der Waals surface area contributed by atoms with Gasteiger partial charge in [-0.15, -0.1) is 0 Å². The summed E-state index contributed by atoms with van der Waals surface area (Å²) in [6.45, 7) is 1.76. The van der Waals surface area contributed by atoms with Gasteiger partial charge in [-0.3, -0.25) is 0 Å². The Morgan fingerprint density at radius 2 is 0.761 bits per heavy atom. The van der Waals surface area contributed by atoms with Gasteiger partial charge >= 0.3 is 0 Å². The van der Waals surface area contributed by atoms with Gasteiger partial charge in [0.1, 0.15) is 48.8 Å². The fourth-order valence-electron chi connectivity index (χ4n) is 8.22. The van der Waals surface area contributed by atoms with Crippen LogP contribution in [-0.2, 0) is 87.0 Å². The summed E-state index contributed by atoms with van der Waals surface area (Å²) in [7, 11) is 1.51. The van der Waals surface area contributed by atoms with Crippen molar-refractivity contribution in [1.29, 1.82) is 0 Å². The first-order chi connectivity index (χ1) is 33.0. The van der Waals surface area contributed by atoms with Crippen molar-refractivity contribution in [3.63, 3.8) is 0 Å². The zero-order valence-electron chi connectivity index (χ0n) is 37.6. The Hall–Kier alpha value is -4.83. The van der Waals surface area contributed by atoms with Crippen LogP contribution in [0, 0.1) is 0 Å². The van der Waals surface area contributed by atoms with Crippen molar-refractivity contribution in [1.82, 2.24) is 0 Å². The molecule has 0 aromatic heterocycles. The molecule has 2 saturated heterocycles. The standard InChI is InChI=1S/C55H59ClO11/c1-58-54-51(48(57)49(61-36-44-27-29-45(56)30-28-44)46(65-54)37-59-31-39-17-7-2-8-18-39)67-55-53(64-35-43-25-15-6-16-26-43)52(63-34-42-23-13-5-14-24-42)50(62-33-41-21-11-4-12-22-41)47(66-55)38-60-32-40-19-9-3-10-20-40/h2-30,46-55,57H,31-38H2,1H3/t46-,47-,48+,49-,50-,51-,52+,53+,54-,55-/m1/s1. The Kier molecular flexibility index (Phi) is 18.5. The van der Waals surface area contributed by atoms with Crippen LogP contribution in [0.5, 0.6) is 0 Å². The average Bonchev–Trinajstić information content (AvgIpc) is 3.37. The summed E-state index contributed by atoms with van der Waals surface area (Å²) in [4.78, 5) is 0. The summed E-state index contributed by atoms with van der Waals surface area (Å²) >= 11 is 6.21. The van der Waals surface area contributed by atoms with Crippen molar-refractivity contribution in [2.24, 2.45) is 0 Å². The van der Waals surface area contributed by atoms with Crippen molar-refractivity contribution in [3.8, 4) is 0 Å². The third-order valence-electron chi connectivity index (χ3n) is 11.7. The predicted molar refractivity (Wildman–Crippen MR) is 252 cm³/mol. The minimum Gasteiger partial charge on any atom is -0.387 e. The van der Waals surface area contributed by atoms with E-state index in [1.54, 1.807) is 12.1 Å². The van der Waals surface area contributed by atoms with E-state index in [0.717, 1.165) is 33.4 Å². The quantitative estimate of drug-likeness (QED) is 0.0664. The van der Waals surface area contributed by atoms with Crippen LogP contribution in [0.3, 0.4) is 0 Å². The van der Waals surface area contributed by atoms with E-state index in [4.69, 9.17) is 59.0 Å². The Morgan fingerprint density at radius 1 is 0.403 bits per heavy atom. The zero-order valence-corrected chi connectivity index (χ0v) is 38.3. The van der Waals surface area contributed by atoms with Crippen molar-refractivity contribution in [3.05, 3.63) is 214 Å². The van der Waals surface area contributed by atoms with Crippen molar-refractivity contribution in [2.75, 3.05) is 20.3 Å². The van der Waals surface area contributed by atoms with Crippen LogP contribution in [0.4, 0.5) is 0 Å². The molecule has 0 unspecified atom stereocenters. The maximum absolute atomic E-state index is 12.5. The van der Waals surface area contributed by atoms with Gasteiger partial charge in [0, 0.05) is 12.1 Å². The van der Waals surface area contributed by atoms with Crippen molar-refractivity contribution < 1.29 is 52.5 Å². The van der Waals surface area contributed by atoms with Crippen LogP contribution >= 0.6 is 11.6 Å². The van der Waals surface area contributed by atoms with Gasteiger partial charge < -0.3 is 52.5 Å². The molecule has 0 saturated carbocycles. The molecule has 0 bridgehead atoms. The normalized spacial score (nSPS) is 25.2. The molecular weight excluding hydrogens is 872 g/mol. The number of rotatable bonds is 23. The second-order valence-corrected chi connectivity index (χ2v) is 17.0. The van der Waals surface area contributed by atoms with Crippen LogP contribution in [0.1, 0.15) is 33.4 Å². The van der Waals surface area contributed by atoms with Crippen LogP contribution in [0.15, 0.2) is 176 Å². The predicted octanol–water partition coefficient (Wildman–Crippen LogP) is 9.26. The minimum atomic E-state index is -1.29. The Morgan fingerprint density at radius 3 is 1.21 bits per heavy atom. The number of methoxy groups -OCH3 is 1. The van der Waals surface area contributed by atoms with E-state index in [0.29, 0.717) is 18.2 Å². The molecule has 2 aliphatic heterocycles. The second kappa shape index (κ2) is 25.5. The van der Waals surface area contributed by atoms with Crippen molar-refractivity contribution in [2.45, 2.75) is 101 Å². The molecule has 2 fully saturated rings. The van der Waals surface area contributed by atoms with Crippen LogP contribution in [-0.4, -0.2) is 86.8 Å². The molecule has 1 N–H and O–H groups in total. The topological polar surface area (TPSA) is 113 Å². The van der Waals surface area contributed by atoms with Gasteiger partial charge in [-0.25, -0.2) is 0 Å². The largest absolute Gasteiger partial charge is 0.387 e. The lowest BCUT2D eigenvalue weighted by Gasteiger charge is -2.49. The molecule has 8 rings (SSSR count). The first kappa shape index (κ1) is 48.6. The van der Waals surface area contributed by atoms with Gasteiger partial charge in [0.05, 0.1) is 52.9 Å². The molecule has 10 atom stereocenters. The Labute approximate surface area is 398 Å². The Balaban J connectivity index is 1.11. The molecule has 11 nitrogen and oxygen atoms in total. The Bertz CT molecular complexity index is 2280. The number of hydrogen-bond acceptors (Lipinski definition) is 11. The van der Waals surface area contributed by atoms with Gasteiger partial charge in [-0.2, -0.15) is 0 Å². The molecule has 0 aliphatic carbocycles. The average molecular weight is 932 g/mol. The molecule has 2 aliphatic rings. The van der Waals surface area contributed by atoms with Gasteiger partial charge in [-0.1, -0.05) is 175 Å². The van der Waals surface area contributed by atoms with E-state index < -0.39 is 61.4 Å². The first-order valence-electron chi connectivity index (χ1n) is 22.7. The first-order valence-corrected chi connectivity index (χ1v) is 23.1. The van der Waals surface area contributed by atoms with Gasteiger partial charge in [0.2, 0.25) is 0 Å². The maximum Gasteiger partial charge on any atom is 0.187 e. The summed E-state index contributed by atoms with van der Waals surface area (Å²) in [6, 6.07) is 56.9. The molecule has 0 spiro atoms. The molecular formula is C55H59ClO11. The highest BCUT2D eigenvalue weighted by Crippen LogP contribution is 2.36. The summed E-state index contributed by atoms with van der Waals surface area (Å²) < 4.78 is 66.3. The third-order valence-corrected chi connectivity index (χ3v) is 12.0. The summed E-state index contributed by atoms with van der Waals surface area (Å²) in [5.41, 5.74) is 5.73. The smallest absolute Gasteiger partial charge is 0.187 e. The van der Waals surface area contributed by atoms with E-state index in [9.17, 15) is 5.11 Å². The SMILES string of the molecule is CO[C@@H]1O[C@H](COCc2ccccc2)[C@@H](OCc2ccc(Cl)cc2)[C@H](O)[C@H]1O[C@H]1O[C@H](COCc2ccccc2)[C@@H](OCc2ccccc2)[C@H](OCc2ccccc2)[C@@H]1OCc1ccccc1. The number of ether oxygens (including phenoxy) is 10. The number of aliphatic hydroxyl groups is 1. The minimum absolute atomic E-state index is 0.100. The summed E-state index contributed by atoms with van der Waals surface area (Å²) in [5.74, 6) is 0. The summed E-state index contributed by atoms with van der Waals surface area (Å²) in [6.07, 6.45) is -9.43. The highest BCUT2D eigenvalue weighted by molar-refractivity contribution is 6.30. The lowest BCUT2D eigenvalue weighted by molar-refractivity contribution is -0.378.